The minimum Gasteiger partial charge on any atom is -0.490 e. The first-order valence-electron chi connectivity index (χ1n) is 20.9. The minimum absolute atomic E-state index is 0.0513. The Balaban J connectivity index is 1.24. The van der Waals surface area contributed by atoms with E-state index in [1.165, 1.54) is 43.2 Å². The Morgan fingerprint density at radius 2 is 1.14 bits per heavy atom. The standard InChI is InChI=1S/C48H74O3/c1-44(2,3)30-40(46(7,8)9)33-17-15-21-38(25-33)49-42-35-23-32-24-36(42)29-48(27-32,28-35)43(50-37-19-13-14-20-37)51-39-22-16-18-34(26-39)41(47(10,11)12)31-45(4,5)6/h15-18,21-22,25-26,32,35-37,40-43H,13-14,19-20,23-24,27-31H2,1-12H3. The first kappa shape index (κ1) is 38.7. The van der Waals surface area contributed by atoms with Gasteiger partial charge in [0.25, 0.3) is 0 Å². The van der Waals surface area contributed by atoms with Gasteiger partial charge < -0.3 is 14.2 Å². The van der Waals surface area contributed by atoms with E-state index in [0.717, 1.165) is 55.9 Å². The number of ether oxygens (including phenoxy) is 3. The molecule has 0 aromatic heterocycles. The van der Waals surface area contributed by atoms with Crippen LogP contribution in [0.1, 0.15) is 177 Å². The highest BCUT2D eigenvalue weighted by molar-refractivity contribution is 5.34. The zero-order valence-electron chi connectivity index (χ0n) is 34.7. The molecule has 7 rings (SSSR count). The monoisotopic (exact) mass is 699 g/mol. The molecular weight excluding hydrogens is 625 g/mol. The largest absolute Gasteiger partial charge is 0.490 e. The van der Waals surface area contributed by atoms with Crippen LogP contribution in [0.3, 0.4) is 0 Å². The van der Waals surface area contributed by atoms with Crippen LogP contribution in [0.5, 0.6) is 11.5 Å². The number of hydrogen-bond acceptors (Lipinski definition) is 3. The fraction of sp³-hybridized carbons (Fsp3) is 0.750. The fourth-order valence-corrected chi connectivity index (χ4v) is 11.0. The topological polar surface area (TPSA) is 27.7 Å². The summed E-state index contributed by atoms with van der Waals surface area (Å²) in [6.45, 7) is 28.6. The molecule has 0 radical (unpaired) electrons. The summed E-state index contributed by atoms with van der Waals surface area (Å²) in [5.41, 5.74) is 3.75. The molecule has 51 heavy (non-hydrogen) atoms. The highest BCUT2D eigenvalue weighted by Gasteiger charge is 2.60. The minimum atomic E-state index is -0.200. The van der Waals surface area contributed by atoms with Gasteiger partial charge in [-0.15, -0.1) is 0 Å². The van der Waals surface area contributed by atoms with Crippen molar-refractivity contribution in [3.05, 3.63) is 59.7 Å². The Labute approximate surface area is 313 Å². The quantitative estimate of drug-likeness (QED) is 0.219. The summed E-state index contributed by atoms with van der Waals surface area (Å²) < 4.78 is 21.5. The molecule has 0 aliphatic heterocycles. The van der Waals surface area contributed by atoms with Crippen LogP contribution in [0.15, 0.2) is 48.5 Å². The van der Waals surface area contributed by atoms with Crippen LogP contribution in [0, 0.1) is 44.8 Å². The molecule has 284 valence electrons. The van der Waals surface area contributed by atoms with Gasteiger partial charge in [0, 0.05) is 5.41 Å². The molecule has 0 N–H and O–H groups in total. The van der Waals surface area contributed by atoms with Gasteiger partial charge in [0.1, 0.15) is 17.6 Å². The molecule has 0 spiro atoms. The smallest absolute Gasteiger partial charge is 0.205 e. The molecule has 5 saturated carbocycles. The first-order valence-corrected chi connectivity index (χ1v) is 20.9. The van der Waals surface area contributed by atoms with E-state index in [-0.39, 0.29) is 39.5 Å². The Hall–Kier alpha value is -2.00. The van der Waals surface area contributed by atoms with Crippen molar-refractivity contribution < 1.29 is 14.2 Å². The molecule has 5 atom stereocenters. The van der Waals surface area contributed by atoms with E-state index in [4.69, 9.17) is 14.2 Å². The van der Waals surface area contributed by atoms with E-state index < -0.39 is 0 Å². The molecule has 3 heteroatoms. The third-order valence-corrected chi connectivity index (χ3v) is 13.1. The maximum absolute atomic E-state index is 7.20. The molecule has 2 aromatic rings. The van der Waals surface area contributed by atoms with Gasteiger partial charge in [0.05, 0.1) is 6.10 Å². The van der Waals surface area contributed by atoms with Crippen LogP contribution in [-0.4, -0.2) is 18.5 Å². The SMILES string of the molecule is CC(C)(C)CC(c1cccc(OC2C3CC4CC2CC(C(Oc2cccc(C(CC(C)(C)C)C(C)(C)C)c2)OC2CCCC2)(C4)C3)c1)C(C)(C)C. The first-order chi connectivity index (χ1) is 23.7. The summed E-state index contributed by atoms with van der Waals surface area (Å²) in [5.74, 6) is 4.84. The van der Waals surface area contributed by atoms with Gasteiger partial charge >= 0.3 is 0 Å². The second-order valence-corrected chi connectivity index (χ2v) is 22.4. The summed E-state index contributed by atoms with van der Waals surface area (Å²) in [5, 5.41) is 0. The third kappa shape index (κ3) is 9.39. The van der Waals surface area contributed by atoms with Crippen LogP contribution in [0.2, 0.25) is 0 Å². The molecule has 3 nitrogen and oxygen atoms in total. The summed E-state index contributed by atoms with van der Waals surface area (Å²) in [6, 6.07) is 18.3. The highest BCUT2D eigenvalue weighted by atomic mass is 16.7. The average molecular weight is 699 g/mol. The van der Waals surface area contributed by atoms with Crippen LogP contribution in [0.4, 0.5) is 0 Å². The lowest BCUT2D eigenvalue weighted by atomic mass is 9.48. The Kier molecular flexibility index (Phi) is 10.9. The lowest BCUT2D eigenvalue weighted by molar-refractivity contribution is -0.246. The van der Waals surface area contributed by atoms with Crippen molar-refractivity contribution in [2.24, 2.45) is 44.8 Å². The predicted octanol–water partition coefficient (Wildman–Crippen LogP) is 13.8. The number of benzene rings is 2. The normalized spacial score (nSPS) is 28.9. The molecule has 0 saturated heterocycles. The van der Waals surface area contributed by atoms with Crippen LogP contribution in [0.25, 0.3) is 0 Å². The van der Waals surface area contributed by atoms with E-state index >= 15 is 0 Å². The van der Waals surface area contributed by atoms with Crippen LogP contribution < -0.4 is 9.47 Å². The van der Waals surface area contributed by atoms with Crippen LogP contribution >= 0.6 is 0 Å². The van der Waals surface area contributed by atoms with E-state index in [1.54, 1.807) is 0 Å². The highest BCUT2D eigenvalue weighted by Crippen LogP contribution is 2.63. The summed E-state index contributed by atoms with van der Waals surface area (Å²) >= 11 is 0. The fourth-order valence-electron chi connectivity index (χ4n) is 11.0. The van der Waals surface area contributed by atoms with E-state index in [9.17, 15) is 0 Å². The van der Waals surface area contributed by atoms with Crippen molar-refractivity contribution in [2.45, 2.75) is 184 Å². The van der Waals surface area contributed by atoms with Crippen molar-refractivity contribution in [3.8, 4) is 11.5 Å². The zero-order valence-corrected chi connectivity index (χ0v) is 34.7. The molecule has 2 aromatic carbocycles. The lowest BCUT2D eigenvalue weighted by Gasteiger charge is -2.61. The van der Waals surface area contributed by atoms with Crippen LogP contribution in [-0.2, 0) is 4.74 Å². The van der Waals surface area contributed by atoms with Gasteiger partial charge in [-0.1, -0.05) is 120 Å². The molecule has 5 fully saturated rings. The lowest BCUT2D eigenvalue weighted by Crippen LogP contribution is -2.60. The Morgan fingerprint density at radius 3 is 1.63 bits per heavy atom. The van der Waals surface area contributed by atoms with Gasteiger partial charge in [-0.2, -0.15) is 0 Å². The van der Waals surface area contributed by atoms with Gasteiger partial charge in [-0.25, -0.2) is 0 Å². The molecular formula is C48H74O3. The Morgan fingerprint density at radius 1 is 0.647 bits per heavy atom. The van der Waals surface area contributed by atoms with Crippen molar-refractivity contribution in [2.75, 3.05) is 0 Å². The van der Waals surface area contributed by atoms with Crippen molar-refractivity contribution in [3.63, 3.8) is 0 Å². The summed E-state index contributed by atoms with van der Waals surface area (Å²) in [4.78, 5) is 0. The number of hydrogen-bond donors (Lipinski definition) is 0. The molecule has 0 amide bonds. The third-order valence-electron chi connectivity index (χ3n) is 13.1. The molecule has 5 aliphatic carbocycles. The van der Waals surface area contributed by atoms with Gasteiger partial charge in [-0.3, -0.25) is 0 Å². The summed E-state index contributed by atoms with van der Waals surface area (Å²) in [6.07, 6.45) is 13.7. The van der Waals surface area contributed by atoms with E-state index in [0.29, 0.717) is 29.8 Å². The summed E-state index contributed by atoms with van der Waals surface area (Å²) in [7, 11) is 0. The van der Waals surface area contributed by atoms with E-state index in [2.05, 4.69) is 132 Å². The van der Waals surface area contributed by atoms with Gasteiger partial charge in [0.15, 0.2) is 0 Å². The average Bonchev–Trinajstić information content (AvgIpc) is 3.52. The Bertz CT molecular complexity index is 1440. The van der Waals surface area contributed by atoms with E-state index in [1.807, 2.05) is 0 Å². The van der Waals surface area contributed by atoms with Crippen molar-refractivity contribution >= 4 is 0 Å². The second kappa shape index (κ2) is 14.3. The van der Waals surface area contributed by atoms with Gasteiger partial charge in [0.2, 0.25) is 6.29 Å². The predicted molar refractivity (Wildman–Crippen MR) is 214 cm³/mol. The second-order valence-electron chi connectivity index (χ2n) is 22.4. The molecule has 5 aliphatic rings. The van der Waals surface area contributed by atoms with Crippen molar-refractivity contribution in [1.82, 2.24) is 0 Å². The van der Waals surface area contributed by atoms with Gasteiger partial charge in [-0.05, 0) is 144 Å². The maximum Gasteiger partial charge on any atom is 0.205 e. The molecule has 0 heterocycles. The molecule has 4 bridgehead atoms. The number of rotatable bonds is 11. The molecule has 5 unspecified atom stereocenters. The zero-order chi connectivity index (χ0) is 37.0. The maximum atomic E-state index is 7.20. The van der Waals surface area contributed by atoms with Crippen molar-refractivity contribution in [1.29, 1.82) is 0 Å².